The van der Waals surface area contributed by atoms with Crippen molar-refractivity contribution in [2.24, 2.45) is 12.8 Å². The number of hydrogen-bond acceptors (Lipinski definition) is 4. The highest BCUT2D eigenvalue weighted by atomic mass is 16.5. The van der Waals surface area contributed by atoms with Gasteiger partial charge in [-0.05, 0) is 0 Å². The lowest BCUT2D eigenvalue weighted by Crippen LogP contribution is -2.24. The molecule has 0 saturated heterocycles. The quantitative estimate of drug-likeness (QED) is 0.649. The van der Waals surface area contributed by atoms with Crippen LogP contribution in [0.15, 0.2) is 12.5 Å². The van der Waals surface area contributed by atoms with Crippen LogP contribution < -0.4 is 5.73 Å². The summed E-state index contributed by atoms with van der Waals surface area (Å²) in [4.78, 5) is 15.2. The summed E-state index contributed by atoms with van der Waals surface area (Å²) in [7, 11) is 3.16. The average Bonchev–Trinajstić information content (AvgIpc) is 2.53. The Hall–Kier alpha value is -1.36. The fourth-order valence-electron chi connectivity index (χ4n) is 1.18. The first-order chi connectivity index (χ1) is 6.20. The summed E-state index contributed by atoms with van der Waals surface area (Å²) in [6, 6.07) is 0. The Balaban J connectivity index is 2.90. The number of ether oxygens (including phenoxy) is 1. The fourth-order valence-corrected chi connectivity index (χ4v) is 1.18. The van der Waals surface area contributed by atoms with Gasteiger partial charge in [0.1, 0.15) is 5.92 Å². The van der Waals surface area contributed by atoms with Crippen molar-refractivity contribution in [2.45, 2.75) is 5.92 Å². The molecule has 1 heterocycles. The largest absolute Gasteiger partial charge is 0.468 e. The van der Waals surface area contributed by atoms with E-state index in [4.69, 9.17) is 5.73 Å². The molecule has 0 aromatic carbocycles. The molecule has 0 aliphatic rings. The molecular formula is C8H13N3O2. The van der Waals surface area contributed by atoms with Crippen molar-refractivity contribution in [3.05, 3.63) is 18.2 Å². The van der Waals surface area contributed by atoms with Crippen LogP contribution in [0.1, 0.15) is 11.6 Å². The van der Waals surface area contributed by atoms with E-state index in [1.54, 1.807) is 17.1 Å². The third-order valence-corrected chi connectivity index (χ3v) is 1.93. The SMILES string of the molecule is COC(=O)C(CN)c1cncn1C. The third-order valence-electron chi connectivity index (χ3n) is 1.93. The van der Waals surface area contributed by atoms with E-state index in [2.05, 4.69) is 9.72 Å². The summed E-state index contributed by atoms with van der Waals surface area (Å²) < 4.78 is 6.38. The highest BCUT2D eigenvalue weighted by Crippen LogP contribution is 2.14. The van der Waals surface area contributed by atoms with Crippen molar-refractivity contribution in [1.82, 2.24) is 9.55 Å². The average molecular weight is 183 g/mol. The number of rotatable bonds is 3. The van der Waals surface area contributed by atoms with Crippen molar-refractivity contribution >= 4 is 5.97 Å². The van der Waals surface area contributed by atoms with Crippen LogP contribution in [0, 0.1) is 0 Å². The van der Waals surface area contributed by atoms with Crippen LogP contribution in [-0.4, -0.2) is 29.2 Å². The lowest BCUT2D eigenvalue weighted by atomic mass is 10.1. The maximum absolute atomic E-state index is 11.3. The molecule has 0 fully saturated rings. The summed E-state index contributed by atoms with van der Waals surface area (Å²) in [5.41, 5.74) is 6.24. The summed E-state index contributed by atoms with van der Waals surface area (Å²) in [5, 5.41) is 0. The monoisotopic (exact) mass is 183 g/mol. The second-order valence-corrected chi connectivity index (χ2v) is 2.74. The molecule has 0 amide bonds. The van der Waals surface area contributed by atoms with Gasteiger partial charge in [-0.15, -0.1) is 0 Å². The second kappa shape index (κ2) is 4.04. The Morgan fingerprint density at radius 1 is 1.85 bits per heavy atom. The zero-order valence-electron chi connectivity index (χ0n) is 7.73. The van der Waals surface area contributed by atoms with Gasteiger partial charge in [0.2, 0.25) is 0 Å². The number of nitrogens with two attached hydrogens (primary N) is 1. The number of aromatic nitrogens is 2. The molecule has 0 spiro atoms. The van der Waals surface area contributed by atoms with Gasteiger partial charge in [-0.2, -0.15) is 0 Å². The summed E-state index contributed by atoms with van der Waals surface area (Å²) in [6.45, 7) is 0.228. The van der Waals surface area contributed by atoms with Gasteiger partial charge in [0.05, 0.1) is 19.1 Å². The zero-order valence-corrected chi connectivity index (χ0v) is 7.73. The van der Waals surface area contributed by atoms with Gasteiger partial charge >= 0.3 is 5.97 Å². The number of nitrogens with zero attached hydrogens (tertiary/aromatic N) is 2. The number of carbonyl (C=O) groups is 1. The minimum Gasteiger partial charge on any atom is -0.468 e. The van der Waals surface area contributed by atoms with Crippen molar-refractivity contribution < 1.29 is 9.53 Å². The Morgan fingerprint density at radius 2 is 2.54 bits per heavy atom. The van der Waals surface area contributed by atoms with Crippen LogP contribution in [0.4, 0.5) is 0 Å². The molecule has 0 bridgehead atoms. The fraction of sp³-hybridized carbons (Fsp3) is 0.500. The summed E-state index contributed by atoms with van der Waals surface area (Å²) >= 11 is 0. The highest BCUT2D eigenvalue weighted by Gasteiger charge is 2.22. The Morgan fingerprint density at radius 3 is 2.92 bits per heavy atom. The maximum atomic E-state index is 11.3. The van der Waals surface area contributed by atoms with E-state index in [1.165, 1.54) is 7.11 Å². The predicted molar refractivity (Wildman–Crippen MR) is 47.0 cm³/mol. The van der Waals surface area contributed by atoms with Crippen LogP contribution in [0.3, 0.4) is 0 Å². The van der Waals surface area contributed by atoms with Gasteiger partial charge in [0.25, 0.3) is 0 Å². The molecule has 13 heavy (non-hydrogen) atoms. The molecule has 0 saturated carbocycles. The minimum atomic E-state index is -0.419. The molecule has 0 radical (unpaired) electrons. The molecule has 1 unspecified atom stereocenters. The second-order valence-electron chi connectivity index (χ2n) is 2.74. The first kappa shape index (κ1) is 9.73. The van der Waals surface area contributed by atoms with Crippen molar-refractivity contribution in [2.75, 3.05) is 13.7 Å². The Labute approximate surface area is 76.5 Å². The first-order valence-electron chi connectivity index (χ1n) is 3.94. The van der Waals surface area contributed by atoms with Crippen LogP contribution in [0.2, 0.25) is 0 Å². The smallest absolute Gasteiger partial charge is 0.316 e. The lowest BCUT2D eigenvalue weighted by molar-refractivity contribution is -0.142. The number of methoxy groups -OCH3 is 1. The molecule has 0 aliphatic heterocycles. The lowest BCUT2D eigenvalue weighted by Gasteiger charge is -2.12. The van der Waals surface area contributed by atoms with Gasteiger partial charge in [-0.1, -0.05) is 0 Å². The van der Waals surface area contributed by atoms with E-state index in [0.29, 0.717) is 0 Å². The normalized spacial score (nSPS) is 12.5. The standard InChI is InChI=1S/C8H13N3O2/c1-11-5-10-4-7(11)6(3-9)8(12)13-2/h4-6H,3,9H2,1-2H3. The molecule has 0 aliphatic carbocycles. The third kappa shape index (κ3) is 1.86. The number of hydrogen-bond donors (Lipinski definition) is 1. The molecular weight excluding hydrogens is 170 g/mol. The molecule has 2 N–H and O–H groups in total. The topological polar surface area (TPSA) is 70.1 Å². The van der Waals surface area contributed by atoms with E-state index in [9.17, 15) is 4.79 Å². The highest BCUT2D eigenvalue weighted by molar-refractivity contribution is 5.77. The van der Waals surface area contributed by atoms with E-state index < -0.39 is 5.92 Å². The van der Waals surface area contributed by atoms with E-state index in [0.717, 1.165) is 5.69 Å². The zero-order chi connectivity index (χ0) is 9.84. The van der Waals surface area contributed by atoms with Crippen LogP contribution >= 0.6 is 0 Å². The van der Waals surface area contributed by atoms with E-state index >= 15 is 0 Å². The number of esters is 1. The van der Waals surface area contributed by atoms with Crippen LogP contribution in [0.25, 0.3) is 0 Å². The maximum Gasteiger partial charge on any atom is 0.316 e. The molecule has 1 atom stereocenters. The first-order valence-corrected chi connectivity index (χ1v) is 3.94. The Kier molecular flexibility index (Phi) is 3.02. The van der Waals surface area contributed by atoms with Crippen LogP contribution in [-0.2, 0) is 16.6 Å². The van der Waals surface area contributed by atoms with E-state index in [-0.39, 0.29) is 12.5 Å². The van der Waals surface area contributed by atoms with Gasteiger partial charge in [-0.3, -0.25) is 4.79 Å². The van der Waals surface area contributed by atoms with Gasteiger partial charge in [0.15, 0.2) is 0 Å². The van der Waals surface area contributed by atoms with Crippen molar-refractivity contribution in [1.29, 1.82) is 0 Å². The molecule has 72 valence electrons. The predicted octanol–water partition coefficient (Wildman–Crippen LogP) is -0.365. The van der Waals surface area contributed by atoms with Crippen LogP contribution in [0.5, 0.6) is 0 Å². The van der Waals surface area contributed by atoms with Gasteiger partial charge in [-0.25, -0.2) is 4.98 Å². The van der Waals surface area contributed by atoms with Gasteiger partial charge in [0, 0.05) is 19.8 Å². The minimum absolute atomic E-state index is 0.228. The number of carbonyl (C=O) groups excluding carboxylic acids is 1. The van der Waals surface area contributed by atoms with E-state index in [1.807, 2.05) is 7.05 Å². The van der Waals surface area contributed by atoms with Gasteiger partial charge < -0.3 is 15.0 Å². The van der Waals surface area contributed by atoms with Crippen molar-refractivity contribution in [3.63, 3.8) is 0 Å². The molecule has 1 aromatic heterocycles. The molecule has 1 rings (SSSR count). The molecule has 5 nitrogen and oxygen atoms in total. The summed E-state index contributed by atoms with van der Waals surface area (Å²) in [5.74, 6) is -0.747. The number of aryl methyl sites for hydroxylation is 1. The summed E-state index contributed by atoms with van der Waals surface area (Å²) in [6.07, 6.45) is 3.25. The molecule has 1 aromatic rings. The molecule has 5 heteroatoms. The van der Waals surface area contributed by atoms with Crippen molar-refractivity contribution in [3.8, 4) is 0 Å². The Bertz CT molecular complexity index is 295. The number of imidazole rings is 1.